The number of methoxy groups -OCH3 is 1. The van der Waals surface area contributed by atoms with Gasteiger partial charge in [-0.2, -0.15) is 13.2 Å². The summed E-state index contributed by atoms with van der Waals surface area (Å²) in [6.07, 6.45) is -2.08. The molecule has 192 valence electrons. The number of halogens is 3. The molecule has 2 aliphatic carbocycles. The highest BCUT2D eigenvalue weighted by atomic mass is 19.4. The van der Waals surface area contributed by atoms with Crippen LogP contribution >= 0.6 is 0 Å². The van der Waals surface area contributed by atoms with Gasteiger partial charge in [-0.1, -0.05) is 30.3 Å². The summed E-state index contributed by atoms with van der Waals surface area (Å²) in [6, 6.07) is 6.82. The first-order valence-electron chi connectivity index (χ1n) is 12.5. The molecule has 2 aliphatic heterocycles. The van der Waals surface area contributed by atoms with Crippen molar-refractivity contribution in [2.24, 2.45) is 23.2 Å². The minimum Gasteiger partial charge on any atom is -0.459 e. The molecule has 2 saturated heterocycles. The van der Waals surface area contributed by atoms with Crippen LogP contribution in [0.25, 0.3) is 0 Å². The number of carbonyl (C=O) groups excluding carboxylic acids is 2. The number of hydrogen-bond donors (Lipinski definition) is 1. The van der Waals surface area contributed by atoms with E-state index in [-0.39, 0.29) is 36.3 Å². The van der Waals surface area contributed by atoms with Gasteiger partial charge < -0.3 is 14.6 Å². The lowest BCUT2D eigenvalue weighted by Crippen LogP contribution is -2.64. The molecule has 0 amide bonds. The molecule has 1 aromatic carbocycles. The van der Waals surface area contributed by atoms with Crippen LogP contribution in [0.2, 0.25) is 0 Å². The highest BCUT2D eigenvalue weighted by Crippen LogP contribution is 2.63. The first-order chi connectivity index (χ1) is 16.7. The summed E-state index contributed by atoms with van der Waals surface area (Å²) in [6.45, 7) is 1.46. The molecular formula is C26H32F3NO5. The quantitative estimate of drug-likeness (QED) is 0.631. The second-order valence-electron chi connectivity index (χ2n) is 10.5. The lowest BCUT2D eigenvalue weighted by atomic mass is 9.54. The van der Waals surface area contributed by atoms with Gasteiger partial charge in [0.2, 0.25) is 0 Å². The lowest BCUT2D eigenvalue weighted by Gasteiger charge is -2.58. The first-order valence-corrected chi connectivity index (χ1v) is 12.5. The summed E-state index contributed by atoms with van der Waals surface area (Å²) in [5, 5.41) is 10.3. The van der Waals surface area contributed by atoms with Crippen molar-refractivity contribution >= 4 is 11.8 Å². The molecule has 1 aromatic rings. The van der Waals surface area contributed by atoms with Crippen molar-refractivity contribution in [1.29, 1.82) is 0 Å². The molecular weight excluding hydrogens is 463 g/mol. The molecule has 2 bridgehead atoms. The van der Waals surface area contributed by atoms with E-state index in [1.807, 2.05) is 0 Å². The first kappa shape index (κ1) is 24.7. The number of Topliss-reactive ketones (excluding diaryl/α,β-unsaturated/α-hetero) is 1. The molecule has 1 spiro atoms. The predicted octanol–water partition coefficient (Wildman–Crippen LogP) is 3.46. The minimum atomic E-state index is -5.08. The van der Waals surface area contributed by atoms with Gasteiger partial charge in [0.1, 0.15) is 11.9 Å². The second-order valence-corrected chi connectivity index (χ2v) is 10.5. The number of nitrogens with zero attached hydrogens (tertiary/aromatic N) is 1. The van der Waals surface area contributed by atoms with E-state index in [4.69, 9.17) is 9.47 Å². The molecule has 2 heterocycles. The number of esters is 1. The lowest BCUT2D eigenvalue weighted by molar-refractivity contribution is -0.282. The van der Waals surface area contributed by atoms with Crippen LogP contribution in [-0.4, -0.2) is 66.9 Å². The van der Waals surface area contributed by atoms with Crippen LogP contribution in [0.1, 0.15) is 44.1 Å². The van der Waals surface area contributed by atoms with Crippen molar-refractivity contribution in [3.8, 4) is 0 Å². The Bertz CT molecular complexity index is 971. The van der Waals surface area contributed by atoms with Gasteiger partial charge in [0, 0.05) is 54.9 Å². The van der Waals surface area contributed by atoms with E-state index in [1.54, 1.807) is 6.07 Å². The number of rotatable bonds is 5. The van der Waals surface area contributed by atoms with E-state index in [9.17, 15) is 27.9 Å². The number of ketones is 1. The van der Waals surface area contributed by atoms with Crippen LogP contribution in [0.5, 0.6) is 0 Å². The van der Waals surface area contributed by atoms with Gasteiger partial charge in [0.25, 0.3) is 5.60 Å². The molecule has 5 rings (SSSR count). The number of ether oxygens (including phenoxy) is 2. The van der Waals surface area contributed by atoms with E-state index >= 15 is 0 Å². The summed E-state index contributed by atoms with van der Waals surface area (Å²) in [4.78, 5) is 29.1. The van der Waals surface area contributed by atoms with Gasteiger partial charge in [-0.3, -0.25) is 9.69 Å². The molecule has 6 nitrogen and oxygen atoms in total. The third-order valence-corrected chi connectivity index (χ3v) is 9.24. The van der Waals surface area contributed by atoms with Crippen LogP contribution in [0.4, 0.5) is 13.2 Å². The Balaban J connectivity index is 1.55. The SMILES string of the molecule is CO[C@@](C(=O)O[C@H]1[C@@H](CO)C[C@@H]2N3CCC[C@@H]4C(=O)C[C@H]1[C@@]42CCC3)(c1ccccc1)C(F)(F)F. The fourth-order valence-electron chi connectivity index (χ4n) is 7.88. The van der Waals surface area contributed by atoms with Crippen molar-refractivity contribution in [2.75, 3.05) is 26.8 Å². The van der Waals surface area contributed by atoms with Crippen LogP contribution < -0.4 is 0 Å². The van der Waals surface area contributed by atoms with Crippen LogP contribution in [0, 0.1) is 23.2 Å². The van der Waals surface area contributed by atoms with Crippen molar-refractivity contribution < 1.29 is 37.3 Å². The van der Waals surface area contributed by atoms with Crippen LogP contribution in [-0.2, 0) is 24.7 Å². The normalized spacial score (nSPS) is 38.3. The number of aliphatic hydroxyl groups is 1. The fourth-order valence-corrected chi connectivity index (χ4v) is 7.88. The third kappa shape index (κ3) is 3.49. The van der Waals surface area contributed by atoms with Crippen LogP contribution in [0.3, 0.4) is 0 Å². The molecule has 4 aliphatic rings. The Labute approximate surface area is 202 Å². The Hall–Kier alpha value is -1.97. The number of hydrogen-bond acceptors (Lipinski definition) is 6. The second kappa shape index (κ2) is 8.85. The maximum Gasteiger partial charge on any atom is 0.432 e. The molecule has 8 atom stereocenters. The molecule has 1 N–H and O–H groups in total. The zero-order valence-corrected chi connectivity index (χ0v) is 19.8. The molecule has 0 aromatic heterocycles. The Kier molecular flexibility index (Phi) is 6.25. The highest BCUT2D eigenvalue weighted by Gasteiger charge is 2.69. The molecule has 4 fully saturated rings. The van der Waals surface area contributed by atoms with Gasteiger partial charge >= 0.3 is 12.1 Å². The van der Waals surface area contributed by atoms with E-state index in [0.29, 0.717) is 6.42 Å². The maximum absolute atomic E-state index is 14.5. The third-order valence-electron chi connectivity index (χ3n) is 9.24. The van der Waals surface area contributed by atoms with Gasteiger partial charge in [0.05, 0.1) is 0 Å². The molecule has 2 saturated carbocycles. The fraction of sp³-hybridized carbons (Fsp3) is 0.692. The largest absolute Gasteiger partial charge is 0.459 e. The van der Waals surface area contributed by atoms with Gasteiger partial charge in [-0.15, -0.1) is 0 Å². The topological polar surface area (TPSA) is 76.1 Å². The molecule has 1 unspecified atom stereocenters. The Morgan fingerprint density at radius 2 is 1.91 bits per heavy atom. The zero-order valence-electron chi connectivity index (χ0n) is 19.8. The summed E-state index contributed by atoms with van der Waals surface area (Å²) in [5.41, 5.74) is -4.10. The maximum atomic E-state index is 14.5. The number of alkyl halides is 3. The standard InChI is InChI=1S/C26H32F3NO5/c1-34-25(26(27,28)29,17-7-3-2-4-8-17)23(33)35-22-16(15-31)13-21-24-10-6-12-30(21)11-5-9-18(24)20(32)14-19(22)24/h2-4,7-8,16,18-19,21-22,31H,5-6,9-15H2,1H3/t16-,18-,19-,21+,22+,24-,25-/m1/s1. The van der Waals surface area contributed by atoms with E-state index in [2.05, 4.69) is 4.90 Å². The van der Waals surface area contributed by atoms with Crippen molar-refractivity contribution in [3.63, 3.8) is 0 Å². The van der Waals surface area contributed by atoms with E-state index in [1.165, 1.54) is 24.3 Å². The summed E-state index contributed by atoms with van der Waals surface area (Å²) in [5.74, 6) is -2.58. The Morgan fingerprint density at radius 3 is 2.57 bits per heavy atom. The molecule has 0 radical (unpaired) electrons. The number of aliphatic hydroxyl groups excluding tert-OH is 1. The molecule has 9 heteroatoms. The summed E-state index contributed by atoms with van der Waals surface area (Å²) >= 11 is 0. The average molecular weight is 496 g/mol. The summed E-state index contributed by atoms with van der Waals surface area (Å²) < 4.78 is 54.1. The van der Waals surface area contributed by atoms with Crippen LogP contribution in [0.15, 0.2) is 30.3 Å². The number of carbonyl (C=O) groups is 2. The van der Waals surface area contributed by atoms with Gasteiger partial charge in [-0.25, -0.2) is 4.79 Å². The minimum absolute atomic E-state index is 0.0659. The van der Waals surface area contributed by atoms with E-state index < -0.39 is 41.1 Å². The molecule has 35 heavy (non-hydrogen) atoms. The van der Waals surface area contributed by atoms with Gasteiger partial charge in [0.15, 0.2) is 0 Å². The summed E-state index contributed by atoms with van der Waals surface area (Å²) in [7, 11) is 0.848. The van der Waals surface area contributed by atoms with Crippen molar-refractivity contribution in [2.45, 2.75) is 62.4 Å². The zero-order chi connectivity index (χ0) is 25.0. The average Bonchev–Trinajstić information content (AvgIpc) is 3.06. The van der Waals surface area contributed by atoms with Gasteiger partial charge in [-0.05, 0) is 45.2 Å². The number of benzene rings is 1. The smallest absolute Gasteiger partial charge is 0.432 e. The Morgan fingerprint density at radius 1 is 1.20 bits per heavy atom. The van der Waals surface area contributed by atoms with Crippen molar-refractivity contribution in [1.82, 2.24) is 4.90 Å². The van der Waals surface area contributed by atoms with Crippen molar-refractivity contribution in [3.05, 3.63) is 35.9 Å². The highest BCUT2D eigenvalue weighted by molar-refractivity contribution is 5.86. The predicted molar refractivity (Wildman–Crippen MR) is 119 cm³/mol. The van der Waals surface area contributed by atoms with E-state index in [0.717, 1.165) is 45.9 Å². The monoisotopic (exact) mass is 495 g/mol. The number of piperidine rings is 1.